The van der Waals surface area contributed by atoms with Gasteiger partial charge in [-0.2, -0.15) is 0 Å². The average Bonchev–Trinajstić information content (AvgIpc) is 2.76. The molecule has 0 fully saturated rings. The Balaban J connectivity index is 1.62. The number of benzene rings is 3. The van der Waals surface area contributed by atoms with Crippen molar-refractivity contribution in [2.24, 2.45) is 0 Å². The Hall–Kier alpha value is -3.40. The molecule has 0 aromatic heterocycles. The highest BCUT2D eigenvalue weighted by Gasteiger charge is 2.15. The van der Waals surface area contributed by atoms with Crippen molar-refractivity contribution >= 4 is 11.8 Å². The Bertz CT molecular complexity index is 922. The number of aryl methyl sites for hydroxylation is 2. The molecule has 0 bridgehead atoms. The molecule has 0 radical (unpaired) electrons. The van der Waals surface area contributed by atoms with Crippen LogP contribution in [0.2, 0.25) is 0 Å². The first-order chi connectivity index (χ1) is 14.3. The molecule has 3 rings (SSSR count). The van der Waals surface area contributed by atoms with Crippen LogP contribution in [-0.2, 0) is 13.1 Å². The first-order valence-electron chi connectivity index (χ1n) is 10.1. The van der Waals surface area contributed by atoms with Gasteiger partial charge in [-0.3, -0.25) is 9.59 Å². The lowest BCUT2D eigenvalue weighted by Gasteiger charge is -2.19. The molecule has 0 aliphatic rings. The minimum Gasteiger partial charge on any atom is -0.337 e. The van der Waals surface area contributed by atoms with Gasteiger partial charge in [0.15, 0.2) is 0 Å². The van der Waals surface area contributed by atoms with Gasteiger partial charge in [0.05, 0.1) is 0 Å². The third-order valence-electron chi connectivity index (χ3n) is 5.15. The molecule has 4 nitrogen and oxygen atoms in total. The zero-order chi connectivity index (χ0) is 21.7. The van der Waals surface area contributed by atoms with Gasteiger partial charge in [-0.15, -0.1) is 0 Å². The van der Waals surface area contributed by atoms with E-state index in [9.17, 15) is 9.59 Å². The van der Waals surface area contributed by atoms with Crippen molar-refractivity contribution in [3.63, 3.8) is 0 Å². The molecule has 0 aliphatic carbocycles. The molecule has 0 atom stereocenters. The number of hydrogen-bond donors (Lipinski definition) is 0. The first kappa shape index (κ1) is 21.3. The number of rotatable bonds is 6. The van der Waals surface area contributed by atoms with Gasteiger partial charge in [0.25, 0.3) is 11.8 Å². The zero-order valence-corrected chi connectivity index (χ0v) is 18.1. The molecule has 3 aromatic rings. The smallest absolute Gasteiger partial charge is 0.253 e. The van der Waals surface area contributed by atoms with Gasteiger partial charge in [0, 0.05) is 38.3 Å². The van der Waals surface area contributed by atoms with Crippen LogP contribution in [-0.4, -0.2) is 35.7 Å². The van der Waals surface area contributed by atoms with E-state index >= 15 is 0 Å². The largest absolute Gasteiger partial charge is 0.337 e. The quantitative estimate of drug-likeness (QED) is 0.594. The molecule has 0 heterocycles. The second-order valence-corrected chi connectivity index (χ2v) is 7.87. The van der Waals surface area contributed by atoms with Crippen molar-refractivity contribution in [3.8, 4) is 0 Å². The minimum atomic E-state index is -0.0671. The van der Waals surface area contributed by atoms with Crippen LogP contribution in [0, 0.1) is 13.8 Å². The summed E-state index contributed by atoms with van der Waals surface area (Å²) < 4.78 is 0. The predicted octanol–water partition coefficient (Wildman–Crippen LogP) is 4.85. The maximum Gasteiger partial charge on any atom is 0.253 e. The van der Waals surface area contributed by atoms with Crippen LogP contribution in [0.3, 0.4) is 0 Å². The van der Waals surface area contributed by atoms with E-state index in [1.54, 1.807) is 48.2 Å². The van der Waals surface area contributed by atoms with Crippen molar-refractivity contribution in [2.75, 3.05) is 14.1 Å². The number of nitrogens with zero attached hydrogens (tertiary/aromatic N) is 2. The average molecular weight is 401 g/mol. The molecule has 3 aromatic carbocycles. The monoisotopic (exact) mass is 400 g/mol. The summed E-state index contributed by atoms with van der Waals surface area (Å²) >= 11 is 0. The summed E-state index contributed by atoms with van der Waals surface area (Å²) in [6, 6.07) is 23.2. The topological polar surface area (TPSA) is 40.6 Å². The maximum atomic E-state index is 12.7. The minimum absolute atomic E-state index is 0.0671. The van der Waals surface area contributed by atoms with Crippen molar-refractivity contribution in [3.05, 3.63) is 106 Å². The number of hydrogen-bond acceptors (Lipinski definition) is 2. The summed E-state index contributed by atoms with van der Waals surface area (Å²) in [4.78, 5) is 28.8. The molecule has 0 saturated heterocycles. The summed E-state index contributed by atoms with van der Waals surface area (Å²) in [5.41, 5.74) is 5.70. The van der Waals surface area contributed by atoms with Crippen LogP contribution in [0.5, 0.6) is 0 Å². The molecular weight excluding hydrogens is 372 g/mol. The molecule has 154 valence electrons. The summed E-state index contributed by atoms with van der Waals surface area (Å²) in [7, 11) is 3.58. The van der Waals surface area contributed by atoms with E-state index in [1.165, 1.54) is 11.1 Å². The molecule has 30 heavy (non-hydrogen) atoms. The van der Waals surface area contributed by atoms with E-state index in [0.29, 0.717) is 24.2 Å². The van der Waals surface area contributed by atoms with E-state index < -0.39 is 0 Å². The highest BCUT2D eigenvalue weighted by Crippen LogP contribution is 2.13. The lowest BCUT2D eigenvalue weighted by Crippen LogP contribution is -2.27. The maximum absolute atomic E-state index is 12.7. The van der Waals surface area contributed by atoms with Crippen LogP contribution < -0.4 is 0 Å². The predicted molar refractivity (Wildman–Crippen MR) is 120 cm³/mol. The van der Waals surface area contributed by atoms with Crippen LogP contribution in [0.25, 0.3) is 0 Å². The summed E-state index contributed by atoms with van der Waals surface area (Å²) in [5.74, 6) is -0.134. The normalized spacial score (nSPS) is 10.5. The van der Waals surface area contributed by atoms with Gasteiger partial charge in [0.2, 0.25) is 0 Å². The summed E-state index contributed by atoms with van der Waals surface area (Å²) in [5, 5.41) is 0. The highest BCUT2D eigenvalue weighted by molar-refractivity contribution is 5.97. The second-order valence-electron chi connectivity index (χ2n) is 7.87. The van der Waals surface area contributed by atoms with Gasteiger partial charge in [-0.1, -0.05) is 59.7 Å². The van der Waals surface area contributed by atoms with Crippen molar-refractivity contribution < 1.29 is 9.59 Å². The molecule has 4 heteroatoms. The highest BCUT2D eigenvalue weighted by atomic mass is 16.2. The molecule has 0 N–H and O–H groups in total. The summed E-state index contributed by atoms with van der Waals surface area (Å²) in [6.45, 7) is 5.16. The lowest BCUT2D eigenvalue weighted by molar-refractivity contribution is 0.0773. The van der Waals surface area contributed by atoms with Crippen molar-refractivity contribution in [2.45, 2.75) is 26.9 Å². The fourth-order valence-corrected chi connectivity index (χ4v) is 3.27. The van der Waals surface area contributed by atoms with Gasteiger partial charge in [-0.25, -0.2) is 0 Å². The van der Waals surface area contributed by atoms with Gasteiger partial charge in [-0.05, 0) is 49.2 Å². The Morgan fingerprint density at radius 1 is 0.567 bits per heavy atom. The van der Waals surface area contributed by atoms with E-state index in [-0.39, 0.29) is 11.8 Å². The zero-order valence-electron chi connectivity index (χ0n) is 18.1. The van der Waals surface area contributed by atoms with E-state index in [4.69, 9.17) is 0 Å². The molecule has 0 unspecified atom stereocenters. The molecule has 2 amide bonds. The summed E-state index contributed by atoms with van der Waals surface area (Å²) in [6.07, 6.45) is 0. The first-order valence-corrected chi connectivity index (χ1v) is 10.1. The fourth-order valence-electron chi connectivity index (χ4n) is 3.27. The second kappa shape index (κ2) is 9.40. The van der Waals surface area contributed by atoms with Gasteiger partial charge in [0.1, 0.15) is 0 Å². The Morgan fingerprint density at radius 2 is 0.867 bits per heavy atom. The number of carbonyl (C=O) groups is 2. The fraction of sp³-hybridized carbons (Fsp3) is 0.231. The Labute approximate surface area is 178 Å². The molecular formula is C26H28N2O2. The third kappa shape index (κ3) is 5.35. The van der Waals surface area contributed by atoms with E-state index in [1.807, 2.05) is 62.4 Å². The van der Waals surface area contributed by atoms with E-state index in [0.717, 1.165) is 11.1 Å². The van der Waals surface area contributed by atoms with Crippen molar-refractivity contribution in [1.82, 2.24) is 9.80 Å². The molecule has 0 aliphatic heterocycles. The van der Waals surface area contributed by atoms with E-state index in [2.05, 4.69) is 0 Å². The molecule has 0 spiro atoms. The van der Waals surface area contributed by atoms with Crippen LogP contribution >= 0.6 is 0 Å². The third-order valence-corrected chi connectivity index (χ3v) is 5.15. The Kier molecular flexibility index (Phi) is 6.68. The van der Waals surface area contributed by atoms with Gasteiger partial charge >= 0.3 is 0 Å². The van der Waals surface area contributed by atoms with Crippen molar-refractivity contribution in [1.29, 1.82) is 0 Å². The molecule has 0 saturated carbocycles. The lowest BCUT2D eigenvalue weighted by atomic mass is 10.1. The van der Waals surface area contributed by atoms with Crippen LogP contribution in [0.15, 0.2) is 72.8 Å². The van der Waals surface area contributed by atoms with Crippen LogP contribution in [0.1, 0.15) is 43.0 Å². The van der Waals surface area contributed by atoms with Gasteiger partial charge < -0.3 is 9.80 Å². The number of carbonyl (C=O) groups excluding carboxylic acids is 2. The Morgan fingerprint density at radius 3 is 1.17 bits per heavy atom. The number of amides is 2. The standard InChI is InChI=1S/C26H28N2O2/c1-19-5-9-21(10-6-19)17-27(3)25(29)23-13-15-24(16-14-23)26(30)28(4)18-22-11-7-20(2)8-12-22/h5-16H,17-18H2,1-4H3. The van der Waals surface area contributed by atoms with Crippen LogP contribution in [0.4, 0.5) is 0 Å². The SMILES string of the molecule is Cc1ccc(CN(C)C(=O)c2ccc(C(=O)N(C)Cc3ccc(C)cc3)cc2)cc1.